The zero-order chi connectivity index (χ0) is 14.1. The topological polar surface area (TPSA) is 41.5 Å². The van der Waals surface area contributed by atoms with Crippen LogP contribution in [0.15, 0.2) is 24.3 Å². The lowest BCUT2D eigenvalue weighted by molar-refractivity contribution is 0.275. The molecule has 0 amide bonds. The molecule has 0 spiro atoms. The number of para-hydroxylation sites is 1. The van der Waals surface area contributed by atoms with E-state index in [-0.39, 0.29) is 24.5 Å². The Morgan fingerprint density at radius 2 is 2.21 bits per heavy atom. The number of hydrogen-bond acceptors (Lipinski definition) is 4. The van der Waals surface area contributed by atoms with Crippen LogP contribution in [0, 0.1) is 12.3 Å². The maximum atomic E-state index is 9.26. The molecule has 0 saturated heterocycles. The lowest BCUT2D eigenvalue weighted by Gasteiger charge is -2.22. The van der Waals surface area contributed by atoms with Crippen LogP contribution in [0.3, 0.4) is 0 Å². The highest BCUT2D eigenvalue weighted by Gasteiger charge is 2.15. The molecule has 19 heavy (non-hydrogen) atoms. The van der Waals surface area contributed by atoms with Crippen molar-refractivity contribution in [3.05, 3.63) is 29.8 Å². The predicted octanol–water partition coefficient (Wildman–Crippen LogP) is 1.90. The normalized spacial score (nSPS) is 13.6. The molecule has 0 aliphatic rings. The van der Waals surface area contributed by atoms with E-state index in [0.717, 1.165) is 11.3 Å². The van der Waals surface area contributed by atoms with Gasteiger partial charge in [0.1, 0.15) is 12.4 Å². The maximum absolute atomic E-state index is 9.26. The van der Waals surface area contributed by atoms with Crippen molar-refractivity contribution in [2.75, 3.05) is 19.5 Å². The molecule has 1 rings (SSSR count). The summed E-state index contributed by atoms with van der Waals surface area (Å²) in [6, 6.07) is 8.05. The van der Waals surface area contributed by atoms with Gasteiger partial charge in [0.25, 0.3) is 0 Å². The predicted molar refractivity (Wildman–Crippen MR) is 81.5 cm³/mol. The number of aliphatic hydroxyl groups is 1. The molecule has 2 N–H and O–H groups in total. The second kappa shape index (κ2) is 8.87. The molecular weight excluding hydrogens is 258 g/mol. The molecule has 0 radical (unpaired) electrons. The van der Waals surface area contributed by atoms with Crippen LogP contribution in [0.5, 0.6) is 5.75 Å². The molecule has 0 aromatic heterocycles. The van der Waals surface area contributed by atoms with E-state index in [1.807, 2.05) is 30.5 Å². The van der Waals surface area contributed by atoms with Gasteiger partial charge in [-0.3, -0.25) is 0 Å². The van der Waals surface area contributed by atoms with Crippen molar-refractivity contribution in [3.63, 3.8) is 0 Å². The maximum Gasteiger partial charge on any atom is 0.148 e. The first-order valence-electron chi connectivity index (χ1n) is 6.24. The number of nitrogens with one attached hydrogen (secondary N) is 1. The third-order valence-corrected chi connectivity index (χ3v) is 4.10. The van der Waals surface area contributed by atoms with E-state index in [0.29, 0.717) is 6.54 Å². The largest absolute Gasteiger partial charge is 0.481 e. The van der Waals surface area contributed by atoms with E-state index in [4.69, 9.17) is 11.2 Å². The summed E-state index contributed by atoms with van der Waals surface area (Å²) < 4.78 is 5.50. The zero-order valence-corrected chi connectivity index (χ0v) is 12.2. The van der Waals surface area contributed by atoms with Gasteiger partial charge < -0.3 is 15.2 Å². The van der Waals surface area contributed by atoms with Gasteiger partial charge in [0.15, 0.2) is 0 Å². The van der Waals surface area contributed by atoms with E-state index in [1.54, 1.807) is 11.8 Å². The molecule has 3 nitrogen and oxygen atoms in total. The molecule has 2 atom stereocenters. The Morgan fingerprint density at radius 3 is 2.84 bits per heavy atom. The summed E-state index contributed by atoms with van der Waals surface area (Å²) in [5, 5.41) is 12.9. The Labute approximate surface area is 119 Å². The molecule has 0 heterocycles. The lowest BCUT2D eigenvalue weighted by atomic mass is 10.1. The first-order chi connectivity index (χ1) is 9.22. The minimum atomic E-state index is 0.171. The van der Waals surface area contributed by atoms with Gasteiger partial charge in [-0.15, -0.1) is 6.42 Å². The summed E-state index contributed by atoms with van der Waals surface area (Å²) >= 11 is 1.66. The number of benzene rings is 1. The fourth-order valence-electron chi connectivity index (χ4n) is 1.75. The van der Waals surface area contributed by atoms with Gasteiger partial charge in [-0.05, 0) is 19.2 Å². The molecule has 104 valence electrons. The fourth-order valence-corrected chi connectivity index (χ4v) is 2.40. The van der Waals surface area contributed by atoms with Gasteiger partial charge in [-0.2, -0.15) is 11.8 Å². The van der Waals surface area contributed by atoms with E-state index in [9.17, 15) is 5.11 Å². The van der Waals surface area contributed by atoms with Crippen molar-refractivity contribution in [1.29, 1.82) is 0 Å². The standard InChI is InChI=1S/C15H21NO2S/c1-4-9-18-14-8-6-5-7-13(14)10-16-12(2)15(11-17)19-3/h1,5-8,12,15-17H,9-11H2,2-3H3. The number of hydrogen-bond donors (Lipinski definition) is 2. The van der Waals surface area contributed by atoms with E-state index >= 15 is 0 Å². The van der Waals surface area contributed by atoms with Crippen molar-refractivity contribution >= 4 is 11.8 Å². The Balaban J connectivity index is 2.59. The van der Waals surface area contributed by atoms with Gasteiger partial charge in [-0.25, -0.2) is 0 Å². The van der Waals surface area contributed by atoms with Crippen LogP contribution in [-0.2, 0) is 6.54 Å². The Hall–Kier alpha value is -1.15. The van der Waals surface area contributed by atoms with Crippen molar-refractivity contribution < 1.29 is 9.84 Å². The highest BCUT2D eigenvalue weighted by molar-refractivity contribution is 7.99. The van der Waals surface area contributed by atoms with Crippen LogP contribution < -0.4 is 10.1 Å². The number of terminal acetylenes is 1. The van der Waals surface area contributed by atoms with Gasteiger partial charge in [0, 0.05) is 23.4 Å². The van der Waals surface area contributed by atoms with Crippen LogP contribution in [0.1, 0.15) is 12.5 Å². The minimum absolute atomic E-state index is 0.171. The van der Waals surface area contributed by atoms with Crippen molar-refractivity contribution in [2.24, 2.45) is 0 Å². The quantitative estimate of drug-likeness (QED) is 0.713. The summed E-state index contributed by atoms with van der Waals surface area (Å²) in [6.07, 6.45) is 7.21. The first kappa shape index (κ1) is 15.9. The zero-order valence-electron chi connectivity index (χ0n) is 11.4. The summed E-state index contributed by atoms with van der Waals surface area (Å²) in [7, 11) is 0. The summed E-state index contributed by atoms with van der Waals surface area (Å²) in [5.74, 6) is 3.28. The van der Waals surface area contributed by atoms with Gasteiger partial charge in [0.2, 0.25) is 0 Å². The average Bonchev–Trinajstić information content (AvgIpc) is 2.45. The fraction of sp³-hybridized carbons (Fsp3) is 0.467. The third kappa shape index (κ3) is 5.15. The number of aliphatic hydroxyl groups excluding tert-OH is 1. The molecule has 0 aliphatic carbocycles. The number of ether oxygens (including phenoxy) is 1. The Morgan fingerprint density at radius 1 is 1.47 bits per heavy atom. The second-order valence-electron chi connectivity index (χ2n) is 4.23. The number of thioether (sulfide) groups is 1. The van der Waals surface area contributed by atoms with Crippen LogP contribution >= 0.6 is 11.8 Å². The van der Waals surface area contributed by atoms with Gasteiger partial charge in [-0.1, -0.05) is 24.1 Å². The third-order valence-electron chi connectivity index (χ3n) is 2.94. The highest BCUT2D eigenvalue weighted by atomic mass is 32.2. The minimum Gasteiger partial charge on any atom is -0.481 e. The highest BCUT2D eigenvalue weighted by Crippen LogP contribution is 2.18. The van der Waals surface area contributed by atoms with Crippen LogP contribution in [0.25, 0.3) is 0 Å². The number of rotatable bonds is 8. The molecule has 0 fully saturated rings. The van der Waals surface area contributed by atoms with E-state index in [1.165, 1.54) is 0 Å². The molecule has 0 aliphatic heterocycles. The molecule has 1 aromatic rings. The first-order valence-corrected chi connectivity index (χ1v) is 7.53. The van der Waals surface area contributed by atoms with E-state index < -0.39 is 0 Å². The van der Waals surface area contributed by atoms with Crippen LogP contribution in [0.4, 0.5) is 0 Å². The Kier molecular flexibility index (Phi) is 7.42. The van der Waals surface area contributed by atoms with Crippen molar-refractivity contribution in [2.45, 2.75) is 24.8 Å². The lowest BCUT2D eigenvalue weighted by Crippen LogP contribution is -2.37. The molecule has 0 bridgehead atoms. The van der Waals surface area contributed by atoms with Crippen LogP contribution in [-0.4, -0.2) is 35.9 Å². The molecule has 0 saturated carbocycles. The van der Waals surface area contributed by atoms with Crippen molar-refractivity contribution in [1.82, 2.24) is 5.32 Å². The SMILES string of the molecule is C#CCOc1ccccc1CNC(C)C(CO)SC. The van der Waals surface area contributed by atoms with Gasteiger partial charge >= 0.3 is 0 Å². The second-order valence-corrected chi connectivity index (χ2v) is 5.30. The van der Waals surface area contributed by atoms with Crippen molar-refractivity contribution in [3.8, 4) is 18.1 Å². The summed E-state index contributed by atoms with van der Waals surface area (Å²) in [5.41, 5.74) is 1.07. The average molecular weight is 279 g/mol. The Bertz CT molecular complexity index is 413. The van der Waals surface area contributed by atoms with E-state index in [2.05, 4.69) is 18.2 Å². The summed E-state index contributed by atoms with van der Waals surface area (Å²) in [6.45, 7) is 3.21. The molecular formula is C15H21NO2S. The monoisotopic (exact) mass is 279 g/mol. The summed E-state index contributed by atoms with van der Waals surface area (Å²) in [4.78, 5) is 0. The molecule has 1 aromatic carbocycles. The molecule has 4 heteroatoms. The van der Waals surface area contributed by atoms with Crippen LogP contribution in [0.2, 0.25) is 0 Å². The van der Waals surface area contributed by atoms with Gasteiger partial charge in [0.05, 0.1) is 6.61 Å². The smallest absolute Gasteiger partial charge is 0.148 e. The molecule has 2 unspecified atom stereocenters.